The van der Waals surface area contributed by atoms with E-state index in [0.717, 1.165) is 12.3 Å². The van der Waals surface area contributed by atoms with Crippen LogP contribution in [0.5, 0.6) is 0 Å². The van der Waals surface area contributed by atoms with E-state index >= 15 is 0 Å². The van der Waals surface area contributed by atoms with Crippen LogP contribution in [0.4, 0.5) is 0 Å². The van der Waals surface area contributed by atoms with Crippen molar-refractivity contribution < 1.29 is 4.42 Å². The number of nitrogens with one attached hydrogen (secondary N) is 1. The van der Waals surface area contributed by atoms with Crippen molar-refractivity contribution in [3.05, 3.63) is 81.9 Å². The van der Waals surface area contributed by atoms with E-state index in [1.807, 2.05) is 29.5 Å². The molecule has 0 aliphatic heterocycles. The van der Waals surface area contributed by atoms with E-state index in [4.69, 9.17) is 4.42 Å². The summed E-state index contributed by atoms with van der Waals surface area (Å²) in [5.41, 5.74) is 1.22. The molecular weight excluding hydrogens is 266 g/mol. The van der Waals surface area contributed by atoms with Gasteiger partial charge in [-0.2, -0.15) is 0 Å². The standard InChI is InChI=1S/C17H17NOS/c1-13-9-10-15(20-13)12-18-17(16-8-5-11-19-16)14-6-3-2-4-7-14/h2-11,17-18H,12H2,1H3. The molecule has 1 aromatic carbocycles. The molecule has 2 aromatic heterocycles. The van der Waals surface area contributed by atoms with Gasteiger partial charge in [-0.15, -0.1) is 11.3 Å². The fraction of sp³-hybridized carbons (Fsp3) is 0.176. The molecule has 0 saturated heterocycles. The topological polar surface area (TPSA) is 25.2 Å². The van der Waals surface area contributed by atoms with Gasteiger partial charge in [0, 0.05) is 16.3 Å². The fourth-order valence-corrected chi connectivity index (χ4v) is 3.11. The lowest BCUT2D eigenvalue weighted by atomic mass is 10.0. The number of hydrogen-bond acceptors (Lipinski definition) is 3. The third kappa shape index (κ3) is 3.00. The largest absolute Gasteiger partial charge is 0.467 e. The summed E-state index contributed by atoms with van der Waals surface area (Å²) in [4.78, 5) is 2.69. The predicted molar refractivity (Wildman–Crippen MR) is 82.9 cm³/mol. The van der Waals surface area contributed by atoms with Crippen LogP contribution in [0.15, 0.2) is 65.3 Å². The van der Waals surface area contributed by atoms with Crippen LogP contribution in [0.25, 0.3) is 0 Å². The number of aryl methyl sites for hydroxylation is 1. The van der Waals surface area contributed by atoms with Gasteiger partial charge in [0.15, 0.2) is 0 Å². The number of thiophene rings is 1. The van der Waals surface area contributed by atoms with Gasteiger partial charge in [-0.1, -0.05) is 30.3 Å². The molecule has 0 spiro atoms. The molecule has 0 fully saturated rings. The van der Waals surface area contributed by atoms with Gasteiger partial charge in [0.2, 0.25) is 0 Å². The third-order valence-electron chi connectivity index (χ3n) is 3.24. The van der Waals surface area contributed by atoms with Crippen molar-refractivity contribution in [2.75, 3.05) is 0 Å². The molecule has 3 heteroatoms. The fourth-order valence-electron chi connectivity index (χ4n) is 2.27. The predicted octanol–water partition coefficient (Wildman–Crippen LogP) is 4.53. The first kappa shape index (κ1) is 13.2. The number of rotatable bonds is 5. The molecular formula is C17H17NOS. The Bertz CT molecular complexity index is 643. The van der Waals surface area contributed by atoms with E-state index < -0.39 is 0 Å². The van der Waals surface area contributed by atoms with Gasteiger partial charge in [0.05, 0.1) is 12.3 Å². The molecule has 3 aromatic rings. The van der Waals surface area contributed by atoms with Gasteiger partial charge in [-0.05, 0) is 36.8 Å². The third-order valence-corrected chi connectivity index (χ3v) is 4.24. The molecule has 2 nitrogen and oxygen atoms in total. The van der Waals surface area contributed by atoms with Crippen LogP contribution in [0.2, 0.25) is 0 Å². The molecule has 0 bridgehead atoms. The van der Waals surface area contributed by atoms with Crippen molar-refractivity contribution in [2.24, 2.45) is 0 Å². The average Bonchev–Trinajstić information content (AvgIpc) is 3.12. The molecule has 0 radical (unpaired) electrons. The van der Waals surface area contributed by atoms with Gasteiger partial charge in [-0.3, -0.25) is 5.32 Å². The Morgan fingerprint density at radius 2 is 1.90 bits per heavy atom. The van der Waals surface area contributed by atoms with Crippen molar-refractivity contribution in [3.63, 3.8) is 0 Å². The zero-order valence-corrected chi connectivity index (χ0v) is 12.2. The molecule has 0 aliphatic rings. The lowest BCUT2D eigenvalue weighted by Gasteiger charge is -2.16. The molecule has 0 saturated carbocycles. The van der Waals surface area contributed by atoms with E-state index in [-0.39, 0.29) is 6.04 Å². The highest BCUT2D eigenvalue weighted by Crippen LogP contribution is 2.24. The van der Waals surface area contributed by atoms with Gasteiger partial charge in [-0.25, -0.2) is 0 Å². The van der Waals surface area contributed by atoms with Crippen LogP contribution in [0, 0.1) is 6.92 Å². The van der Waals surface area contributed by atoms with Crippen LogP contribution >= 0.6 is 11.3 Å². The number of benzene rings is 1. The van der Waals surface area contributed by atoms with Crippen LogP contribution in [-0.4, -0.2) is 0 Å². The second kappa shape index (κ2) is 6.07. The molecule has 0 aliphatic carbocycles. The Labute approximate surface area is 123 Å². The Kier molecular flexibility index (Phi) is 4.00. The molecule has 1 N–H and O–H groups in total. The van der Waals surface area contributed by atoms with Crippen molar-refractivity contribution in [1.82, 2.24) is 5.32 Å². The zero-order valence-electron chi connectivity index (χ0n) is 11.4. The molecule has 1 unspecified atom stereocenters. The van der Waals surface area contributed by atoms with Gasteiger partial charge in [0.1, 0.15) is 5.76 Å². The molecule has 102 valence electrons. The second-order valence-electron chi connectivity index (χ2n) is 4.75. The van der Waals surface area contributed by atoms with Gasteiger partial charge in [0.25, 0.3) is 0 Å². The van der Waals surface area contributed by atoms with Gasteiger partial charge >= 0.3 is 0 Å². The molecule has 0 amide bonds. The minimum Gasteiger partial charge on any atom is -0.467 e. The maximum absolute atomic E-state index is 5.58. The lowest BCUT2D eigenvalue weighted by Crippen LogP contribution is -2.21. The highest BCUT2D eigenvalue weighted by molar-refractivity contribution is 7.11. The summed E-state index contributed by atoms with van der Waals surface area (Å²) in [7, 11) is 0. The highest BCUT2D eigenvalue weighted by atomic mass is 32.1. The first-order chi connectivity index (χ1) is 9.83. The van der Waals surface area contributed by atoms with E-state index in [1.54, 1.807) is 6.26 Å². The molecule has 3 rings (SSSR count). The number of hydrogen-bond donors (Lipinski definition) is 1. The Morgan fingerprint density at radius 3 is 2.55 bits per heavy atom. The SMILES string of the molecule is Cc1ccc(CNC(c2ccccc2)c2ccco2)s1. The molecule has 2 heterocycles. The lowest BCUT2D eigenvalue weighted by molar-refractivity contribution is 0.447. The van der Waals surface area contributed by atoms with Crippen molar-refractivity contribution >= 4 is 11.3 Å². The van der Waals surface area contributed by atoms with Gasteiger partial charge < -0.3 is 4.42 Å². The Hall–Kier alpha value is -1.84. The Balaban J connectivity index is 1.80. The summed E-state index contributed by atoms with van der Waals surface area (Å²) < 4.78 is 5.58. The summed E-state index contributed by atoms with van der Waals surface area (Å²) in [6.45, 7) is 2.98. The first-order valence-corrected chi connectivity index (χ1v) is 7.51. The first-order valence-electron chi connectivity index (χ1n) is 6.70. The smallest absolute Gasteiger partial charge is 0.125 e. The maximum Gasteiger partial charge on any atom is 0.125 e. The minimum absolute atomic E-state index is 0.0913. The number of furan rings is 1. The van der Waals surface area contributed by atoms with E-state index in [2.05, 4.69) is 48.6 Å². The Morgan fingerprint density at radius 1 is 1.05 bits per heavy atom. The summed E-state index contributed by atoms with van der Waals surface area (Å²) in [5, 5.41) is 3.58. The van der Waals surface area contributed by atoms with Crippen molar-refractivity contribution in [3.8, 4) is 0 Å². The second-order valence-corrected chi connectivity index (χ2v) is 6.12. The van der Waals surface area contributed by atoms with E-state index in [0.29, 0.717) is 0 Å². The van der Waals surface area contributed by atoms with Crippen molar-refractivity contribution in [1.29, 1.82) is 0 Å². The monoisotopic (exact) mass is 283 g/mol. The van der Waals surface area contributed by atoms with E-state index in [1.165, 1.54) is 15.3 Å². The van der Waals surface area contributed by atoms with Crippen LogP contribution in [-0.2, 0) is 6.54 Å². The maximum atomic E-state index is 5.58. The average molecular weight is 283 g/mol. The highest BCUT2D eigenvalue weighted by Gasteiger charge is 2.16. The van der Waals surface area contributed by atoms with E-state index in [9.17, 15) is 0 Å². The summed E-state index contributed by atoms with van der Waals surface area (Å²) in [5.74, 6) is 0.949. The zero-order chi connectivity index (χ0) is 13.8. The van der Waals surface area contributed by atoms with Crippen LogP contribution in [0.1, 0.15) is 27.1 Å². The van der Waals surface area contributed by atoms with Crippen LogP contribution in [0.3, 0.4) is 0 Å². The molecule has 20 heavy (non-hydrogen) atoms. The minimum atomic E-state index is 0.0913. The quantitative estimate of drug-likeness (QED) is 0.744. The van der Waals surface area contributed by atoms with Crippen LogP contribution < -0.4 is 5.32 Å². The van der Waals surface area contributed by atoms with Crippen molar-refractivity contribution in [2.45, 2.75) is 19.5 Å². The normalized spacial score (nSPS) is 12.4. The summed E-state index contributed by atoms with van der Waals surface area (Å²) in [6.07, 6.45) is 1.72. The summed E-state index contributed by atoms with van der Waals surface area (Å²) in [6, 6.07) is 18.8. The molecule has 1 atom stereocenters. The summed E-state index contributed by atoms with van der Waals surface area (Å²) >= 11 is 1.83.